The lowest BCUT2D eigenvalue weighted by Gasteiger charge is -2.16. The van der Waals surface area contributed by atoms with E-state index in [1.54, 1.807) is 24.3 Å². The van der Waals surface area contributed by atoms with Crippen LogP contribution in [0, 0.1) is 34.3 Å². The number of nitrogens with zero attached hydrogens (tertiary/aromatic N) is 2. The average Bonchev–Trinajstić information content (AvgIpc) is 2.69. The minimum absolute atomic E-state index is 0.0000673. The molecule has 0 saturated carbocycles. The topological polar surface area (TPSA) is 66.0 Å². The third-order valence-electron chi connectivity index (χ3n) is 3.61. The van der Waals surface area contributed by atoms with Gasteiger partial charge in [-0.1, -0.05) is 47.5 Å². The first kappa shape index (κ1) is 19.4. The second-order valence-electron chi connectivity index (χ2n) is 5.32. The highest BCUT2D eigenvalue weighted by Crippen LogP contribution is 2.44. The SMILES string of the molecule is N#Cc1c(F)c(Oc2ccccc2Cl)c(Oc2ccccc2Cl)c(F)c1C#N. The van der Waals surface area contributed by atoms with Crippen LogP contribution in [0.4, 0.5) is 8.78 Å². The third-order valence-corrected chi connectivity index (χ3v) is 4.24. The van der Waals surface area contributed by atoms with Gasteiger partial charge in [0.05, 0.1) is 10.0 Å². The number of ether oxygens (including phenoxy) is 2. The van der Waals surface area contributed by atoms with Crippen LogP contribution >= 0.6 is 23.2 Å². The van der Waals surface area contributed by atoms with E-state index in [4.69, 9.17) is 32.7 Å². The highest BCUT2D eigenvalue weighted by atomic mass is 35.5. The zero-order chi connectivity index (χ0) is 20.3. The Morgan fingerprint density at radius 2 is 1.04 bits per heavy atom. The van der Waals surface area contributed by atoms with Gasteiger partial charge in [0.15, 0.2) is 11.6 Å². The van der Waals surface area contributed by atoms with Crippen LogP contribution in [-0.2, 0) is 0 Å². The fraction of sp³-hybridized carbons (Fsp3) is 0. The second kappa shape index (κ2) is 8.14. The van der Waals surface area contributed by atoms with Crippen molar-refractivity contribution in [3.05, 3.63) is 81.3 Å². The molecule has 0 aliphatic heterocycles. The predicted molar refractivity (Wildman–Crippen MR) is 98.8 cm³/mol. The van der Waals surface area contributed by atoms with Crippen molar-refractivity contribution in [2.45, 2.75) is 0 Å². The molecule has 0 N–H and O–H groups in total. The van der Waals surface area contributed by atoms with Crippen LogP contribution in [0.3, 0.4) is 0 Å². The smallest absolute Gasteiger partial charge is 0.210 e. The van der Waals surface area contributed by atoms with Gasteiger partial charge in [0.2, 0.25) is 11.5 Å². The summed E-state index contributed by atoms with van der Waals surface area (Å²) < 4.78 is 40.8. The molecule has 0 aliphatic carbocycles. The molecule has 3 rings (SSSR count). The van der Waals surface area contributed by atoms with Crippen LogP contribution in [0.2, 0.25) is 10.0 Å². The van der Waals surface area contributed by atoms with Crippen molar-refractivity contribution in [1.29, 1.82) is 10.5 Å². The highest BCUT2D eigenvalue weighted by Gasteiger charge is 2.29. The molecule has 0 aromatic heterocycles. The predicted octanol–water partition coefficient (Wildman–Crippen LogP) is 6.60. The Morgan fingerprint density at radius 3 is 1.36 bits per heavy atom. The maximum atomic E-state index is 15.0. The summed E-state index contributed by atoms with van der Waals surface area (Å²) in [5.41, 5.74) is -1.62. The van der Waals surface area contributed by atoms with Crippen molar-refractivity contribution in [1.82, 2.24) is 0 Å². The van der Waals surface area contributed by atoms with Crippen molar-refractivity contribution < 1.29 is 18.3 Å². The van der Waals surface area contributed by atoms with E-state index >= 15 is 0 Å². The summed E-state index contributed by atoms with van der Waals surface area (Å²) in [6, 6.07) is 15.1. The van der Waals surface area contributed by atoms with E-state index in [0.717, 1.165) is 0 Å². The van der Waals surface area contributed by atoms with Gasteiger partial charge in [-0.05, 0) is 24.3 Å². The average molecular weight is 417 g/mol. The van der Waals surface area contributed by atoms with E-state index < -0.39 is 34.3 Å². The molecule has 0 amide bonds. The number of hydrogen-bond donors (Lipinski definition) is 0. The lowest BCUT2D eigenvalue weighted by atomic mass is 10.1. The maximum absolute atomic E-state index is 15.0. The van der Waals surface area contributed by atoms with E-state index in [2.05, 4.69) is 0 Å². The Balaban J connectivity index is 2.25. The third kappa shape index (κ3) is 3.57. The van der Waals surface area contributed by atoms with Gasteiger partial charge < -0.3 is 9.47 Å². The molecule has 0 spiro atoms. The monoisotopic (exact) mass is 416 g/mol. The summed E-state index contributed by atoms with van der Waals surface area (Å²) in [6.07, 6.45) is 0. The normalized spacial score (nSPS) is 10.1. The molecule has 3 aromatic rings. The molecule has 0 fully saturated rings. The largest absolute Gasteiger partial charge is 0.449 e. The van der Waals surface area contributed by atoms with Crippen molar-refractivity contribution in [3.63, 3.8) is 0 Å². The zero-order valence-electron chi connectivity index (χ0n) is 13.8. The molecule has 3 aromatic carbocycles. The summed E-state index contributed by atoms with van der Waals surface area (Å²) in [4.78, 5) is 0. The molecule has 138 valence electrons. The van der Waals surface area contributed by atoms with Gasteiger partial charge in [-0.2, -0.15) is 10.5 Å². The van der Waals surface area contributed by atoms with E-state index in [1.807, 2.05) is 0 Å². The minimum Gasteiger partial charge on any atom is -0.449 e. The summed E-state index contributed by atoms with van der Waals surface area (Å²) in [5, 5.41) is 18.6. The number of para-hydroxylation sites is 2. The Morgan fingerprint density at radius 1 is 0.679 bits per heavy atom. The summed E-state index contributed by atoms with van der Waals surface area (Å²) >= 11 is 12.0. The molecule has 28 heavy (non-hydrogen) atoms. The first-order valence-electron chi connectivity index (χ1n) is 7.67. The van der Waals surface area contributed by atoms with Crippen LogP contribution in [0.5, 0.6) is 23.0 Å². The summed E-state index contributed by atoms with van der Waals surface area (Å²) in [6.45, 7) is 0. The summed E-state index contributed by atoms with van der Waals surface area (Å²) in [5.74, 6) is -3.99. The molecule has 0 heterocycles. The highest BCUT2D eigenvalue weighted by molar-refractivity contribution is 6.32. The molecule has 0 saturated heterocycles. The number of hydrogen-bond acceptors (Lipinski definition) is 4. The number of benzene rings is 3. The first-order chi connectivity index (χ1) is 13.5. The molecule has 0 atom stereocenters. The molecular weight excluding hydrogens is 409 g/mol. The molecule has 8 heteroatoms. The fourth-order valence-electron chi connectivity index (χ4n) is 2.31. The second-order valence-corrected chi connectivity index (χ2v) is 6.14. The molecule has 4 nitrogen and oxygen atoms in total. The maximum Gasteiger partial charge on any atom is 0.210 e. The van der Waals surface area contributed by atoms with Gasteiger partial charge >= 0.3 is 0 Å². The van der Waals surface area contributed by atoms with Gasteiger partial charge in [0, 0.05) is 0 Å². The Bertz CT molecular complexity index is 1060. The number of rotatable bonds is 4. The standard InChI is InChI=1S/C20H8Cl2F2N2O2/c21-13-5-1-3-7-15(13)27-19-17(23)11(9-25)12(10-26)18(24)20(19)28-16-8-4-2-6-14(16)22/h1-8H. The van der Waals surface area contributed by atoms with E-state index in [-0.39, 0.29) is 21.5 Å². The Kier molecular flexibility index (Phi) is 5.65. The molecule has 0 radical (unpaired) electrons. The van der Waals surface area contributed by atoms with E-state index in [0.29, 0.717) is 0 Å². The van der Waals surface area contributed by atoms with Crippen LogP contribution in [0.25, 0.3) is 0 Å². The first-order valence-corrected chi connectivity index (χ1v) is 8.43. The lowest BCUT2D eigenvalue weighted by Crippen LogP contribution is -2.04. The van der Waals surface area contributed by atoms with Crippen molar-refractivity contribution in [2.75, 3.05) is 0 Å². The Hall–Kier alpha value is -3.32. The zero-order valence-corrected chi connectivity index (χ0v) is 15.4. The van der Waals surface area contributed by atoms with E-state index in [1.165, 1.54) is 36.4 Å². The van der Waals surface area contributed by atoms with Gasteiger partial charge in [-0.15, -0.1) is 0 Å². The minimum atomic E-state index is -1.26. The van der Waals surface area contributed by atoms with Gasteiger partial charge in [0.25, 0.3) is 0 Å². The summed E-state index contributed by atoms with van der Waals surface area (Å²) in [7, 11) is 0. The molecule has 0 aliphatic rings. The fourth-order valence-corrected chi connectivity index (χ4v) is 2.66. The van der Waals surface area contributed by atoms with Crippen LogP contribution < -0.4 is 9.47 Å². The van der Waals surface area contributed by atoms with Crippen molar-refractivity contribution in [3.8, 4) is 35.1 Å². The quantitative estimate of drug-likeness (QED) is 0.480. The number of nitriles is 2. The van der Waals surface area contributed by atoms with Gasteiger partial charge in [-0.25, -0.2) is 8.78 Å². The van der Waals surface area contributed by atoms with E-state index in [9.17, 15) is 19.3 Å². The van der Waals surface area contributed by atoms with Crippen LogP contribution in [-0.4, -0.2) is 0 Å². The van der Waals surface area contributed by atoms with Crippen molar-refractivity contribution >= 4 is 23.2 Å². The molecule has 0 bridgehead atoms. The molecular formula is C20H8Cl2F2N2O2. The van der Waals surface area contributed by atoms with Crippen LogP contribution in [0.15, 0.2) is 48.5 Å². The Labute approximate surface area is 168 Å². The number of halogens is 4. The van der Waals surface area contributed by atoms with Crippen molar-refractivity contribution in [2.24, 2.45) is 0 Å². The lowest BCUT2D eigenvalue weighted by molar-refractivity contribution is 0.373. The van der Waals surface area contributed by atoms with Gasteiger partial charge in [-0.3, -0.25) is 0 Å². The van der Waals surface area contributed by atoms with Crippen LogP contribution in [0.1, 0.15) is 11.1 Å². The molecule has 0 unspecified atom stereocenters. The van der Waals surface area contributed by atoms with Gasteiger partial charge in [0.1, 0.15) is 34.8 Å².